The maximum absolute atomic E-state index is 4.95. The van der Waals surface area contributed by atoms with E-state index in [0.29, 0.717) is 0 Å². The summed E-state index contributed by atoms with van der Waals surface area (Å²) in [5.41, 5.74) is 0. The van der Waals surface area contributed by atoms with Gasteiger partial charge < -0.3 is 4.74 Å². The van der Waals surface area contributed by atoms with Gasteiger partial charge in [-0.15, -0.1) is 0 Å². The highest BCUT2D eigenvalue weighted by atomic mass is 16.5. The second-order valence-corrected chi connectivity index (χ2v) is 1.70. The molecule has 9 heavy (non-hydrogen) atoms. The molecule has 0 fully saturated rings. The predicted octanol–water partition coefficient (Wildman–Crippen LogP) is 2.85. The summed E-state index contributed by atoms with van der Waals surface area (Å²) in [7, 11) is 0. The number of allylic oxidation sites excluding steroid dienone is 2. The molecule has 0 aliphatic rings. The van der Waals surface area contributed by atoms with E-state index in [1.165, 1.54) is 0 Å². The molecule has 0 unspecified atom stereocenters. The molecule has 0 heterocycles. The molecule has 0 saturated carbocycles. The average molecular weight is 126 g/mol. The third-order valence-corrected chi connectivity index (χ3v) is 0.821. The molecule has 0 aliphatic heterocycles. The Morgan fingerprint density at radius 2 is 1.44 bits per heavy atom. The molecule has 0 N–H and O–H groups in total. The van der Waals surface area contributed by atoms with Crippen LogP contribution in [0.4, 0.5) is 0 Å². The highest BCUT2D eigenvalue weighted by molar-refractivity contribution is 4.77. The van der Waals surface area contributed by atoms with E-state index in [-0.39, 0.29) is 0 Å². The number of ether oxygens (including phenoxy) is 1. The zero-order chi connectivity index (χ0) is 6.95. The van der Waals surface area contributed by atoms with Crippen LogP contribution in [0, 0.1) is 0 Å². The molecular weight excluding hydrogens is 112 g/mol. The lowest BCUT2D eigenvalue weighted by Crippen LogP contribution is -1.64. The molecule has 0 aromatic heterocycles. The Kier molecular flexibility index (Phi) is 6.70. The maximum Gasteiger partial charge on any atom is 0.0861 e. The molecule has 1 nitrogen and oxygen atoms in total. The normalized spacial score (nSPS) is 11.3. The summed E-state index contributed by atoms with van der Waals surface area (Å²) < 4.78 is 4.95. The zero-order valence-corrected chi connectivity index (χ0v) is 6.13. The quantitative estimate of drug-likeness (QED) is 0.526. The first-order valence-corrected chi connectivity index (χ1v) is 3.37. The van der Waals surface area contributed by atoms with Gasteiger partial charge in [-0.25, -0.2) is 0 Å². The molecule has 0 aromatic carbocycles. The molecular formula is C8H14O. The molecule has 1 heteroatoms. The van der Waals surface area contributed by atoms with Gasteiger partial charge in [0, 0.05) is 0 Å². The van der Waals surface area contributed by atoms with E-state index in [9.17, 15) is 0 Å². The Morgan fingerprint density at radius 3 is 1.78 bits per heavy atom. The second-order valence-electron chi connectivity index (χ2n) is 1.70. The van der Waals surface area contributed by atoms with Crippen molar-refractivity contribution in [3.05, 3.63) is 24.7 Å². The van der Waals surface area contributed by atoms with Crippen LogP contribution >= 0.6 is 0 Å². The molecule has 0 aromatic rings. The van der Waals surface area contributed by atoms with Crippen LogP contribution in [0.25, 0.3) is 0 Å². The summed E-state index contributed by atoms with van der Waals surface area (Å²) in [6.07, 6.45) is 9.40. The second kappa shape index (κ2) is 7.28. The van der Waals surface area contributed by atoms with Crippen LogP contribution in [0.15, 0.2) is 24.7 Å². The average Bonchev–Trinajstić information content (AvgIpc) is 1.89. The molecule has 0 radical (unpaired) electrons. The Labute approximate surface area is 57.0 Å². The molecule has 0 aliphatic carbocycles. The minimum Gasteiger partial charge on any atom is -0.473 e. The minimum atomic E-state index is 1.03. The van der Waals surface area contributed by atoms with Crippen molar-refractivity contribution in [2.75, 3.05) is 0 Å². The summed E-state index contributed by atoms with van der Waals surface area (Å²) in [4.78, 5) is 0. The van der Waals surface area contributed by atoms with Crippen molar-refractivity contribution in [2.24, 2.45) is 0 Å². The van der Waals surface area contributed by atoms with E-state index in [2.05, 4.69) is 13.8 Å². The van der Waals surface area contributed by atoms with Gasteiger partial charge >= 0.3 is 0 Å². The third kappa shape index (κ3) is 7.28. The lowest BCUT2D eigenvalue weighted by molar-refractivity contribution is 0.399. The van der Waals surface area contributed by atoms with E-state index >= 15 is 0 Å². The van der Waals surface area contributed by atoms with Gasteiger partial charge in [0.2, 0.25) is 0 Å². The van der Waals surface area contributed by atoms with Gasteiger partial charge in [0.15, 0.2) is 0 Å². The van der Waals surface area contributed by atoms with Crippen molar-refractivity contribution in [1.82, 2.24) is 0 Å². The third-order valence-electron chi connectivity index (χ3n) is 0.821. The first-order chi connectivity index (χ1) is 4.41. The smallest absolute Gasteiger partial charge is 0.0861 e. The topological polar surface area (TPSA) is 9.23 Å². The molecule has 0 bridgehead atoms. The van der Waals surface area contributed by atoms with E-state index in [1.54, 1.807) is 12.5 Å². The van der Waals surface area contributed by atoms with E-state index in [1.807, 2.05) is 12.2 Å². The summed E-state index contributed by atoms with van der Waals surface area (Å²) >= 11 is 0. The summed E-state index contributed by atoms with van der Waals surface area (Å²) in [5, 5.41) is 0. The molecule has 0 atom stereocenters. The standard InChI is InChI=1S/C8H14O/c1-3-5-7-9-8-6-4-2/h5-8H,3-4H2,1-2H3/b7-5-,8-6?. The fourth-order valence-electron chi connectivity index (χ4n) is 0.349. The van der Waals surface area contributed by atoms with Crippen LogP contribution in [0.2, 0.25) is 0 Å². The van der Waals surface area contributed by atoms with Gasteiger partial charge in [0.05, 0.1) is 12.5 Å². The van der Waals surface area contributed by atoms with E-state index < -0.39 is 0 Å². The van der Waals surface area contributed by atoms with Crippen LogP contribution in [0.5, 0.6) is 0 Å². The number of hydrogen-bond acceptors (Lipinski definition) is 1. The number of rotatable bonds is 4. The summed E-state index contributed by atoms with van der Waals surface area (Å²) in [6, 6.07) is 0. The van der Waals surface area contributed by atoms with Crippen LogP contribution in [-0.2, 0) is 4.74 Å². The van der Waals surface area contributed by atoms with Gasteiger partial charge in [-0.1, -0.05) is 13.8 Å². The molecule has 0 spiro atoms. The fraction of sp³-hybridized carbons (Fsp3) is 0.500. The van der Waals surface area contributed by atoms with Crippen LogP contribution in [-0.4, -0.2) is 0 Å². The summed E-state index contributed by atoms with van der Waals surface area (Å²) in [6.45, 7) is 4.15. The minimum absolute atomic E-state index is 1.03. The molecule has 0 amide bonds. The van der Waals surface area contributed by atoms with E-state index in [0.717, 1.165) is 12.8 Å². The van der Waals surface area contributed by atoms with Gasteiger partial charge in [-0.05, 0) is 25.0 Å². The molecule has 0 saturated heterocycles. The first-order valence-electron chi connectivity index (χ1n) is 3.37. The van der Waals surface area contributed by atoms with Gasteiger partial charge in [0.25, 0.3) is 0 Å². The monoisotopic (exact) mass is 126 g/mol. The van der Waals surface area contributed by atoms with Crippen molar-refractivity contribution in [2.45, 2.75) is 26.7 Å². The Balaban J connectivity index is 3.08. The molecule has 52 valence electrons. The van der Waals surface area contributed by atoms with Crippen LogP contribution in [0.3, 0.4) is 0 Å². The Bertz CT molecular complexity index is 80.7. The van der Waals surface area contributed by atoms with Crippen LogP contribution in [0.1, 0.15) is 26.7 Å². The SMILES string of the molecule is CCC=CO/C=C\CC. The fourth-order valence-corrected chi connectivity index (χ4v) is 0.349. The lowest BCUT2D eigenvalue weighted by Gasteiger charge is -1.85. The van der Waals surface area contributed by atoms with Gasteiger partial charge in [-0.3, -0.25) is 0 Å². The van der Waals surface area contributed by atoms with Crippen molar-refractivity contribution in [3.63, 3.8) is 0 Å². The lowest BCUT2D eigenvalue weighted by atomic mass is 10.5. The van der Waals surface area contributed by atoms with E-state index in [4.69, 9.17) is 4.74 Å². The zero-order valence-electron chi connectivity index (χ0n) is 6.13. The first kappa shape index (κ1) is 8.28. The largest absolute Gasteiger partial charge is 0.473 e. The Morgan fingerprint density at radius 1 is 1.00 bits per heavy atom. The highest BCUT2D eigenvalue weighted by Crippen LogP contribution is 1.85. The van der Waals surface area contributed by atoms with Crippen molar-refractivity contribution in [1.29, 1.82) is 0 Å². The number of hydrogen-bond donors (Lipinski definition) is 0. The van der Waals surface area contributed by atoms with Crippen molar-refractivity contribution < 1.29 is 4.74 Å². The predicted molar refractivity (Wildman–Crippen MR) is 39.9 cm³/mol. The van der Waals surface area contributed by atoms with Crippen molar-refractivity contribution >= 4 is 0 Å². The van der Waals surface area contributed by atoms with Crippen LogP contribution < -0.4 is 0 Å². The van der Waals surface area contributed by atoms with Gasteiger partial charge in [0.1, 0.15) is 0 Å². The summed E-state index contributed by atoms with van der Waals surface area (Å²) in [5.74, 6) is 0. The van der Waals surface area contributed by atoms with Gasteiger partial charge in [-0.2, -0.15) is 0 Å². The van der Waals surface area contributed by atoms with Crippen molar-refractivity contribution in [3.8, 4) is 0 Å². The molecule has 0 rings (SSSR count). The highest BCUT2D eigenvalue weighted by Gasteiger charge is 1.66. The Hall–Kier alpha value is -0.720. The maximum atomic E-state index is 4.95.